The van der Waals surface area contributed by atoms with Gasteiger partial charge in [-0.05, 0) is 60.5 Å². The molecular weight excluding hydrogens is 442 g/mol. The summed E-state index contributed by atoms with van der Waals surface area (Å²) in [6.07, 6.45) is 3.49. The fraction of sp³-hybridized carbons (Fsp3) is 0.231. The smallest absolute Gasteiger partial charge is 0.296 e. The molecule has 7 heteroatoms. The van der Waals surface area contributed by atoms with Crippen LogP contribution in [0.1, 0.15) is 42.7 Å². The molecule has 0 aliphatic carbocycles. The van der Waals surface area contributed by atoms with E-state index in [0.717, 1.165) is 12.8 Å². The largest absolute Gasteiger partial charge is 0.507 e. The number of ketones is 1. The van der Waals surface area contributed by atoms with Crippen molar-refractivity contribution in [2.24, 2.45) is 0 Å². The lowest BCUT2D eigenvalue weighted by molar-refractivity contribution is -0.140. The molecule has 33 heavy (non-hydrogen) atoms. The van der Waals surface area contributed by atoms with E-state index in [9.17, 15) is 14.7 Å². The van der Waals surface area contributed by atoms with E-state index in [0.29, 0.717) is 34.3 Å². The highest BCUT2D eigenvalue weighted by atomic mass is 35.5. The molecule has 4 rings (SSSR count). The van der Waals surface area contributed by atoms with E-state index in [2.05, 4.69) is 6.92 Å². The Balaban J connectivity index is 1.75. The Hall–Kier alpha value is -3.51. The summed E-state index contributed by atoms with van der Waals surface area (Å²) in [7, 11) is 0. The first-order valence-corrected chi connectivity index (χ1v) is 11.2. The minimum absolute atomic E-state index is 0.0218. The van der Waals surface area contributed by atoms with Crippen LogP contribution in [0.5, 0.6) is 5.75 Å². The average Bonchev–Trinajstić information content (AvgIpc) is 3.42. The van der Waals surface area contributed by atoms with E-state index in [1.807, 2.05) is 12.1 Å². The first kappa shape index (κ1) is 22.7. The number of benzene rings is 2. The molecule has 1 aromatic heterocycles. The maximum atomic E-state index is 13.1. The summed E-state index contributed by atoms with van der Waals surface area (Å²) in [5.41, 5.74) is 1.10. The van der Waals surface area contributed by atoms with Gasteiger partial charge in [0, 0.05) is 10.6 Å². The fourth-order valence-corrected chi connectivity index (χ4v) is 3.93. The second kappa shape index (κ2) is 9.96. The normalized spacial score (nSPS) is 17.5. The van der Waals surface area contributed by atoms with Crippen molar-refractivity contribution in [3.8, 4) is 5.75 Å². The number of ether oxygens (including phenoxy) is 1. The SMILES string of the molecule is CCCCOc1ccc([C@H]2C(=C(O)c3ccc(Cl)cc3)C(=O)C(=O)N2Cc2ccco2)cc1. The van der Waals surface area contributed by atoms with Crippen molar-refractivity contribution >= 4 is 29.1 Å². The molecule has 1 N–H and O–H groups in total. The van der Waals surface area contributed by atoms with Gasteiger partial charge in [-0.1, -0.05) is 37.1 Å². The number of nitrogens with zero attached hydrogens (tertiary/aromatic N) is 1. The Morgan fingerprint density at radius 3 is 2.45 bits per heavy atom. The minimum Gasteiger partial charge on any atom is -0.507 e. The molecule has 0 radical (unpaired) electrons. The van der Waals surface area contributed by atoms with Crippen LogP contribution in [0.25, 0.3) is 5.76 Å². The highest BCUT2D eigenvalue weighted by Crippen LogP contribution is 2.40. The van der Waals surface area contributed by atoms with E-state index in [1.54, 1.807) is 48.5 Å². The second-order valence-electron chi connectivity index (χ2n) is 7.78. The van der Waals surface area contributed by atoms with Gasteiger partial charge in [-0.2, -0.15) is 0 Å². The van der Waals surface area contributed by atoms with Gasteiger partial charge in [0.1, 0.15) is 17.3 Å². The maximum Gasteiger partial charge on any atom is 0.296 e. The first-order chi connectivity index (χ1) is 16.0. The van der Waals surface area contributed by atoms with Crippen LogP contribution in [0.3, 0.4) is 0 Å². The maximum absolute atomic E-state index is 13.1. The summed E-state index contributed by atoms with van der Waals surface area (Å²) >= 11 is 5.97. The third kappa shape index (κ3) is 4.81. The molecule has 0 saturated carbocycles. The second-order valence-corrected chi connectivity index (χ2v) is 8.22. The first-order valence-electron chi connectivity index (χ1n) is 10.8. The molecular formula is C26H24ClNO5. The Kier molecular flexibility index (Phi) is 6.84. The predicted octanol–water partition coefficient (Wildman–Crippen LogP) is 5.73. The number of carbonyl (C=O) groups excluding carboxylic acids is 2. The van der Waals surface area contributed by atoms with Crippen molar-refractivity contribution in [3.05, 3.63) is 94.4 Å². The van der Waals surface area contributed by atoms with Gasteiger partial charge in [0.15, 0.2) is 0 Å². The summed E-state index contributed by atoms with van der Waals surface area (Å²) in [6.45, 7) is 2.80. The molecule has 0 spiro atoms. The van der Waals surface area contributed by atoms with E-state index in [1.165, 1.54) is 11.2 Å². The van der Waals surface area contributed by atoms with Crippen molar-refractivity contribution in [2.45, 2.75) is 32.4 Å². The van der Waals surface area contributed by atoms with E-state index in [4.69, 9.17) is 20.8 Å². The fourth-order valence-electron chi connectivity index (χ4n) is 3.80. The van der Waals surface area contributed by atoms with Crippen LogP contribution in [0.4, 0.5) is 0 Å². The van der Waals surface area contributed by atoms with E-state index < -0.39 is 17.7 Å². The number of unbranched alkanes of at least 4 members (excludes halogenated alkanes) is 1. The van der Waals surface area contributed by atoms with Crippen LogP contribution in [0.15, 0.2) is 76.9 Å². The van der Waals surface area contributed by atoms with E-state index >= 15 is 0 Å². The lowest BCUT2D eigenvalue weighted by Gasteiger charge is -2.24. The molecule has 2 aromatic carbocycles. The number of hydrogen-bond acceptors (Lipinski definition) is 5. The molecule has 1 aliphatic rings. The van der Waals surface area contributed by atoms with Gasteiger partial charge in [0.25, 0.3) is 11.7 Å². The molecule has 1 fully saturated rings. The number of amides is 1. The average molecular weight is 466 g/mol. The quantitative estimate of drug-likeness (QED) is 0.199. The highest BCUT2D eigenvalue weighted by Gasteiger charge is 2.46. The van der Waals surface area contributed by atoms with Crippen molar-refractivity contribution in [3.63, 3.8) is 0 Å². The number of hydrogen-bond donors (Lipinski definition) is 1. The summed E-state index contributed by atoms with van der Waals surface area (Å²) in [5, 5.41) is 11.6. The van der Waals surface area contributed by atoms with Crippen LogP contribution < -0.4 is 4.74 Å². The Morgan fingerprint density at radius 2 is 1.82 bits per heavy atom. The lowest BCUT2D eigenvalue weighted by atomic mass is 9.95. The molecule has 170 valence electrons. The van der Waals surface area contributed by atoms with Gasteiger partial charge in [0.2, 0.25) is 0 Å². The molecule has 3 aromatic rings. The molecule has 0 unspecified atom stereocenters. The number of rotatable bonds is 8. The molecule has 1 aliphatic heterocycles. The Bertz CT molecular complexity index is 1150. The number of carbonyl (C=O) groups is 2. The van der Waals surface area contributed by atoms with Crippen LogP contribution in [-0.2, 0) is 16.1 Å². The number of likely N-dealkylation sites (tertiary alicyclic amines) is 1. The Labute approximate surface area is 197 Å². The van der Waals surface area contributed by atoms with Crippen molar-refractivity contribution in [1.29, 1.82) is 0 Å². The summed E-state index contributed by atoms with van der Waals surface area (Å²) < 4.78 is 11.1. The van der Waals surface area contributed by atoms with Crippen LogP contribution in [0.2, 0.25) is 5.02 Å². The van der Waals surface area contributed by atoms with Gasteiger partial charge in [-0.3, -0.25) is 9.59 Å². The third-order valence-electron chi connectivity index (χ3n) is 5.53. The number of furan rings is 1. The number of aliphatic hydroxyl groups is 1. The van der Waals surface area contributed by atoms with Gasteiger partial charge >= 0.3 is 0 Å². The van der Waals surface area contributed by atoms with E-state index in [-0.39, 0.29) is 17.9 Å². The molecule has 0 bridgehead atoms. The zero-order valence-corrected chi connectivity index (χ0v) is 18.9. The van der Waals surface area contributed by atoms with Gasteiger partial charge < -0.3 is 19.2 Å². The van der Waals surface area contributed by atoms with Crippen molar-refractivity contribution in [1.82, 2.24) is 4.90 Å². The van der Waals surface area contributed by atoms with Gasteiger partial charge in [-0.25, -0.2) is 0 Å². The van der Waals surface area contributed by atoms with Crippen LogP contribution >= 0.6 is 11.6 Å². The predicted molar refractivity (Wildman–Crippen MR) is 125 cm³/mol. The monoisotopic (exact) mass is 465 g/mol. The number of aliphatic hydroxyl groups excluding tert-OH is 1. The van der Waals surface area contributed by atoms with Gasteiger partial charge in [-0.15, -0.1) is 0 Å². The molecule has 6 nitrogen and oxygen atoms in total. The van der Waals surface area contributed by atoms with Crippen molar-refractivity contribution < 1.29 is 23.8 Å². The topological polar surface area (TPSA) is 80.0 Å². The number of halogens is 1. The van der Waals surface area contributed by atoms with Crippen LogP contribution in [-0.4, -0.2) is 28.3 Å². The van der Waals surface area contributed by atoms with Crippen molar-refractivity contribution in [2.75, 3.05) is 6.61 Å². The summed E-state index contributed by atoms with van der Waals surface area (Å²) in [6, 6.07) is 16.4. The highest BCUT2D eigenvalue weighted by molar-refractivity contribution is 6.46. The van der Waals surface area contributed by atoms with Crippen LogP contribution in [0, 0.1) is 0 Å². The third-order valence-corrected chi connectivity index (χ3v) is 5.78. The van der Waals surface area contributed by atoms with Gasteiger partial charge in [0.05, 0.1) is 31.0 Å². The zero-order valence-electron chi connectivity index (χ0n) is 18.2. The summed E-state index contributed by atoms with van der Waals surface area (Å²) in [4.78, 5) is 27.5. The molecule has 2 heterocycles. The summed E-state index contributed by atoms with van der Waals surface area (Å²) in [5.74, 6) is -0.460. The minimum atomic E-state index is -0.782. The number of Topliss-reactive ketones (excluding diaryl/α,β-unsaturated/α-hetero) is 1. The Morgan fingerprint density at radius 1 is 1.09 bits per heavy atom. The molecule has 1 saturated heterocycles. The standard InChI is InChI=1S/C26H24ClNO5/c1-2-3-14-32-20-12-8-17(9-13-20)23-22(24(29)18-6-10-19(27)11-7-18)25(30)26(31)28(23)16-21-5-4-15-33-21/h4-13,15,23,29H,2-3,14,16H2,1H3/t23-/m0/s1. The zero-order chi connectivity index (χ0) is 23.4. The lowest BCUT2D eigenvalue weighted by Crippen LogP contribution is -2.29. The molecule has 1 atom stereocenters. The molecule has 1 amide bonds.